The third-order valence-corrected chi connectivity index (χ3v) is 7.11. The lowest BCUT2D eigenvalue weighted by molar-refractivity contribution is -0.130. The molecular weight excluding hydrogens is 258 g/mol. The molecule has 21 heavy (non-hydrogen) atoms. The Morgan fingerprint density at radius 3 is 2.81 bits per heavy atom. The molecule has 2 heteroatoms. The molecule has 0 heterocycles. The minimum absolute atomic E-state index is 0.0536. The van der Waals surface area contributed by atoms with Gasteiger partial charge in [-0.25, -0.2) is 0 Å². The summed E-state index contributed by atoms with van der Waals surface area (Å²) in [6, 6.07) is 0. The number of fused-ring (bicyclic) bond motifs is 5. The van der Waals surface area contributed by atoms with Gasteiger partial charge in [0.25, 0.3) is 0 Å². The normalized spacial score (nSPS) is 51.1. The number of Topliss-reactive ketones (excluding diaryl/α,β-unsaturated/α-hetero) is 1. The maximum atomic E-state index is 12.3. The number of allylic oxidation sites excluding steroid dienone is 5. The fourth-order valence-corrected chi connectivity index (χ4v) is 5.67. The van der Waals surface area contributed by atoms with Crippen LogP contribution in [-0.2, 0) is 4.79 Å². The van der Waals surface area contributed by atoms with Crippen LogP contribution in [0.1, 0.15) is 39.5 Å². The van der Waals surface area contributed by atoms with Gasteiger partial charge in [0.05, 0.1) is 0 Å². The van der Waals surface area contributed by atoms with E-state index in [0.29, 0.717) is 29.5 Å². The van der Waals surface area contributed by atoms with Crippen molar-refractivity contribution in [1.82, 2.24) is 0 Å². The second kappa shape index (κ2) is 4.12. The van der Waals surface area contributed by atoms with Crippen LogP contribution in [0.2, 0.25) is 0 Å². The molecule has 0 aromatic carbocycles. The van der Waals surface area contributed by atoms with Gasteiger partial charge >= 0.3 is 0 Å². The second-order valence-corrected chi connectivity index (χ2v) is 7.99. The third kappa shape index (κ3) is 1.62. The molecule has 0 aromatic rings. The molecule has 4 aliphatic carbocycles. The molecule has 112 valence electrons. The van der Waals surface area contributed by atoms with Gasteiger partial charge in [0.1, 0.15) is 5.78 Å². The molecule has 0 saturated heterocycles. The van der Waals surface area contributed by atoms with Crippen molar-refractivity contribution < 1.29 is 4.79 Å². The summed E-state index contributed by atoms with van der Waals surface area (Å²) in [5.41, 5.74) is 7.00. The van der Waals surface area contributed by atoms with Crippen LogP contribution in [0.25, 0.3) is 0 Å². The number of nitrogens with two attached hydrogens (primary N) is 1. The number of carbonyl (C=O) groups is 1. The van der Waals surface area contributed by atoms with E-state index in [0.717, 1.165) is 25.0 Å². The molecule has 2 nitrogen and oxygen atoms in total. The molecule has 2 saturated carbocycles. The van der Waals surface area contributed by atoms with Gasteiger partial charge in [0.15, 0.2) is 0 Å². The SMILES string of the molecule is C[C@]12C=CC(N)=C[C@H]1C=C[C@@H]1[C@@H]2CC[C@]2(C)C(=O)CC[C@@H]12. The van der Waals surface area contributed by atoms with Crippen molar-refractivity contribution in [2.24, 2.45) is 40.2 Å². The highest BCUT2D eigenvalue weighted by molar-refractivity contribution is 5.87. The highest BCUT2D eigenvalue weighted by atomic mass is 16.1. The highest BCUT2D eigenvalue weighted by Gasteiger charge is 2.57. The fraction of sp³-hybridized carbons (Fsp3) is 0.632. The Labute approximate surface area is 127 Å². The zero-order valence-electron chi connectivity index (χ0n) is 13.0. The van der Waals surface area contributed by atoms with Crippen LogP contribution in [0.3, 0.4) is 0 Å². The Kier molecular flexibility index (Phi) is 2.62. The molecule has 0 radical (unpaired) electrons. The highest BCUT2D eigenvalue weighted by Crippen LogP contribution is 2.62. The van der Waals surface area contributed by atoms with E-state index in [-0.39, 0.29) is 10.8 Å². The monoisotopic (exact) mass is 283 g/mol. The first-order valence-corrected chi connectivity index (χ1v) is 8.33. The van der Waals surface area contributed by atoms with Gasteiger partial charge in [-0.2, -0.15) is 0 Å². The van der Waals surface area contributed by atoms with Crippen LogP contribution >= 0.6 is 0 Å². The average Bonchev–Trinajstić information content (AvgIpc) is 2.76. The summed E-state index contributed by atoms with van der Waals surface area (Å²) in [4.78, 5) is 12.3. The van der Waals surface area contributed by atoms with Gasteiger partial charge in [-0.3, -0.25) is 4.79 Å². The summed E-state index contributed by atoms with van der Waals surface area (Å²) in [7, 11) is 0. The van der Waals surface area contributed by atoms with Crippen molar-refractivity contribution in [3.05, 3.63) is 36.1 Å². The van der Waals surface area contributed by atoms with Gasteiger partial charge in [-0.1, -0.05) is 38.2 Å². The van der Waals surface area contributed by atoms with E-state index >= 15 is 0 Å². The standard InChI is InChI=1S/C19H25NO/c1-18-9-7-13(20)11-12(18)3-4-14-15-5-6-17(21)19(15,2)10-8-16(14)18/h3-4,7,9,11-12,14-16H,5-6,8,10,20H2,1-2H3/t12-,14+,15+,16+,18+,19+/m1/s1. The van der Waals surface area contributed by atoms with Crippen LogP contribution in [-0.4, -0.2) is 5.78 Å². The largest absolute Gasteiger partial charge is 0.399 e. The molecule has 0 aliphatic heterocycles. The van der Waals surface area contributed by atoms with Crippen molar-refractivity contribution in [2.75, 3.05) is 0 Å². The molecule has 0 spiro atoms. The molecule has 0 amide bonds. The van der Waals surface area contributed by atoms with E-state index in [1.54, 1.807) is 0 Å². The molecule has 4 aliphatic rings. The lowest BCUT2D eigenvalue weighted by Crippen LogP contribution is -2.49. The Bertz CT molecular complexity index is 586. The lowest BCUT2D eigenvalue weighted by Gasteiger charge is -2.54. The Morgan fingerprint density at radius 1 is 1.19 bits per heavy atom. The second-order valence-electron chi connectivity index (χ2n) is 7.99. The molecular formula is C19H25NO. The molecule has 2 N–H and O–H groups in total. The molecule has 0 aromatic heterocycles. The maximum Gasteiger partial charge on any atom is 0.139 e. The first-order chi connectivity index (χ1) is 9.95. The van der Waals surface area contributed by atoms with E-state index < -0.39 is 0 Å². The maximum absolute atomic E-state index is 12.3. The van der Waals surface area contributed by atoms with Crippen LogP contribution in [0.4, 0.5) is 0 Å². The minimum atomic E-state index is -0.0536. The van der Waals surface area contributed by atoms with Crippen LogP contribution < -0.4 is 5.73 Å². The summed E-state index contributed by atoms with van der Waals surface area (Å²) in [5, 5.41) is 0. The summed E-state index contributed by atoms with van der Waals surface area (Å²) in [6.45, 7) is 4.61. The van der Waals surface area contributed by atoms with Crippen LogP contribution in [0.15, 0.2) is 36.1 Å². The summed E-state index contributed by atoms with van der Waals surface area (Å²) < 4.78 is 0. The van der Waals surface area contributed by atoms with E-state index in [1.165, 1.54) is 6.42 Å². The number of rotatable bonds is 0. The first-order valence-electron chi connectivity index (χ1n) is 8.33. The summed E-state index contributed by atoms with van der Waals surface area (Å²) in [6.07, 6.45) is 15.5. The van der Waals surface area contributed by atoms with E-state index in [4.69, 9.17) is 5.73 Å². The Morgan fingerprint density at radius 2 is 2.00 bits per heavy atom. The van der Waals surface area contributed by atoms with Gasteiger partial charge in [0, 0.05) is 23.5 Å². The zero-order chi connectivity index (χ0) is 14.8. The number of hydrogen-bond acceptors (Lipinski definition) is 2. The van der Waals surface area contributed by atoms with Crippen molar-refractivity contribution in [2.45, 2.75) is 39.5 Å². The predicted molar refractivity (Wildman–Crippen MR) is 84.2 cm³/mol. The van der Waals surface area contributed by atoms with Gasteiger partial charge in [0.2, 0.25) is 0 Å². The van der Waals surface area contributed by atoms with Gasteiger partial charge in [-0.05, 0) is 48.5 Å². The topological polar surface area (TPSA) is 43.1 Å². The first kappa shape index (κ1) is 13.4. The van der Waals surface area contributed by atoms with E-state index in [2.05, 4.69) is 44.2 Å². The summed E-state index contributed by atoms with van der Waals surface area (Å²) >= 11 is 0. The molecule has 2 fully saturated rings. The Balaban J connectivity index is 1.75. The third-order valence-electron chi connectivity index (χ3n) is 7.11. The zero-order valence-corrected chi connectivity index (χ0v) is 13.0. The molecule has 6 atom stereocenters. The molecule has 4 rings (SSSR count). The van der Waals surface area contributed by atoms with Gasteiger partial charge in [-0.15, -0.1) is 0 Å². The summed E-state index contributed by atoms with van der Waals surface area (Å²) in [5.74, 6) is 2.69. The van der Waals surface area contributed by atoms with Crippen LogP contribution in [0, 0.1) is 34.5 Å². The molecule has 0 unspecified atom stereocenters. The average molecular weight is 283 g/mol. The fourth-order valence-electron chi connectivity index (χ4n) is 5.67. The van der Waals surface area contributed by atoms with Crippen molar-refractivity contribution in [1.29, 1.82) is 0 Å². The van der Waals surface area contributed by atoms with Crippen molar-refractivity contribution >= 4 is 5.78 Å². The van der Waals surface area contributed by atoms with Crippen LogP contribution in [0.5, 0.6) is 0 Å². The van der Waals surface area contributed by atoms with Crippen molar-refractivity contribution in [3.8, 4) is 0 Å². The predicted octanol–water partition coefficient (Wildman–Crippen LogP) is 3.60. The smallest absolute Gasteiger partial charge is 0.139 e. The lowest BCUT2D eigenvalue weighted by atomic mass is 9.49. The number of ketones is 1. The van der Waals surface area contributed by atoms with Gasteiger partial charge < -0.3 is 5.73 Å². The minimum Gasteiger partial charge on any atom is -0.399 e. The van der Waals surface area contributed by atoms with Crippen molar-refractivity contribution in [3.63, 3.8) is 0 Å². The van der Waals surface area contributed by atoms with E-state index in [9.17, 15) is 4.79 Å². The quantitative estimate of drug-likeness (QED) is 0.690. The van der Waals surface area contributed by atoms with E-state index in [1.807, 2.05) is 0 Å². The Hall–Kier alpha value is -1.31. The molecule has 0 bridgehead atoms. The number of carbonyl (C=O) groups excluding carboxylic acids is 1. The number of hydrogen-bond donors (Lipinski definition) is 1.